The first kappa shape index (κ1) is 12.2. The Morgan fingerprint density at radius 1 is 1.33 bits per heavy atom. The van der Waals surface area contributed by atoms with Crippen LogP contribution in [-0.4, -0.2) is 20.8 Å². The zero-order valence-electron chi connectivity index (χ0n) is 10.6. The van der Waals surface area contributed by atoms with Gasteiger partial charge in [0.1, 0.15) is 5.75 Å². The summed E-state index contributed by atoms with van der Waals surface area (Å²) in [7, 11) is 1.79. The van der Waals surface area contributed by atoms with Crippen LogP contribution in [0.15, 0.2) is 24.3 Å². The summed E-state index contributed by atoms with van der Waals surface area (Å²) in [5.41, 5.74) is 2.40. The molecule has 1 amide bonds. The number of hydrogen-bond acceptors (Lipinski definition) is 3. The van der Waals surface area contributed by atoms with Crippen LogP contribution in [0.25, 0.3) is 0 Å². The van der Waals surface area contributed by atoms with Crippen molar-refractivity contribution in [1.29, 1.82) is 0 Å². The Labute approximate surface area is 105 Å². The maximum Gasteiger partial charge on any atom is 0.259 e. The van der Waals surface area contributed by atoms with E-state index >= 15 is 0 Å². The van der Waals surface area contributed by atoms with Gasteiger partial charge in [-0.25, -0.2) is 0 Å². The number of nitrogens with zero attached hydrogens (tertiary/aromatic N) is 2. The molecule has 2 aromatic rings. The Morgan fingerprint density at radius 3 is 2.56 bits per heavy atom. The van der Waals surface area contributed by atoms with Crippen LogP contribution in [0.3, 0.4) is 0 Å². The molecule has 0 bridgehead atoms. The molecule has 0 aliphatic carbocycles. The van der Waals surface area contributed by atoms with Crippen molar-refractivity contribution in [2.45, 2.75) is 13.8 Å². The van der Waals surface area contributed by atoms with Gasteiger partial charge in [0.2, 0.25) is 0 Å². The molecule has 94 valence electrons. The third-order valence-electron chi connectivity index (χ3n) is 2.89. The zero-order chi connectivity index (χ0) is 13.3. The Morgan fingerprint density at radius 2 is 2.00 bits per heavy atom. The van der Waals surface area contributed by atoms with Crippen LogP contribution in [0.1, 0.15) is 21.7 Å². The fraction of sp³-hybridized carbons (Fsp3) is 0.231. The number of phenolic OH excluding ortho intramolecular Hbond substituents is 1. The fourth-order valence-corrected chi connectivity index (χ4v) is 1.87. The molecule has 2 N–H and O–H groups in total. The summed E-state index contributed by atoms with van der Waals surface area (Å²) < 4.78 is 1.66. The van der Waals surface area contributed by atoms with Crippen LogP contribution >= 0.6 is 0 Å². The number of benzene rings is 1. The lowest BCUT2D eigenvalue weighted by molar-refractivity contribution is 0.102. The van der Waals surface area contributed by atoms with Crippen LogP contribution in [0.2, 0.25) is 0 Å². The molecule has 0 aliphatic heterocycles. The number of hydrogen-bond donors (Lipinski definition) is 2. The van der Waals surface area contributed by atoms with Crippen molar-refractivity contribution in [2.24, 2.45) is 7.05 Å². The Balaban J connectivity index is 2.31. The summed E-state index contributed by atoms with van der Waals surface area (Å²) >= 11 is 0. The highest BCUT2D eigenvalue weighted by molar-refractivity contribution is 6.06. The number of anilines is 1. The molecule has 5 nitrogen and oxygen atoms in total. The van der Waals surface area contributed by atoms with Gasteiger partial charge < -0.3 is 10.4 Å². The number of carbonyl (C=O) groups is 1. The molecule has 0 saturated heterocycles. The molecule has 1 heterocycles. The van der Waals surface area contributed by atoms with Crippen LogP contribution in [-0.2, 0) is 7.05 Å². The number of rotatable bonds is 2. The molecule has 0 unspecified atom stereocenters. The molecule has 2 rings (SSSR count). The normalized spacial score (nSPS) is 10.4. The molecule has 0 fully saturated rings. The Hall–Kier alpha value is -2.30. The van der Waals surface area contributed by atoms with Gasteiger partial charge in [-0.2, -0.15) is 5.10 Å². The predicted octanol–water partition coefficient (Wildman–Crippen LogP) is 1.99. The predicted molar refractivity (Wildman–Crippen MR) is 68.7 cm³/mol. The van der Waals surface area contributed by atoms with Gasteiger partial charge in [0.15, 0.2) is 0 Å². The SMILES string of the molecule is Cc1nn(C)c(C)c1C(=O)Nc1ccccc1O. The Bertz CT molecular complexity index is 602. The average molecular weight is 245 g/mol. The second-order valence-electron chi connectivity index (χ2n) is 4.14. The monoisotopic (exact) mass is 245 g/mol. The van der Waals surface area contributed by atoms with Crippen molar-refractivity contribution in [1.82, 2.24) is 9.78 Å². The zero-order valence-corrected chi connectivity index (χ0v) is 10.6. The van der Waals surface area contributed by atoms with Crippen molar-refractivity contribution in [3.05, 3.63) is 41.2 Å². The van der Waals surface area contributed by atoms with E-state index in [9.17, 15) is 9.90 Å². The number of para-hydroxylation sites is 2. The van der Waals surface area contributed by atoms with Crippen molar-refractivity contribution in [3.63, 3.8) is 0 Å². The summed E-state index contributed by atoms with van der Waals surface area (Å²) in [6.07, 6.45) is 0. The molecular weight excluding hydrogens is 230 g/mol. The summed E-state index contributed by atoms with van der Waals surface area (Å²) in [4.78, 5) is 12.1. The third kappa shape index (κ3) is 2.07. The van der Waals surface area contributed by atoms with E-state index in [4.69, 9.17) is 0 Å². The summed E-state index contributed by atoms with van der Waals surface area (Å²) in [6, 6.07) is 6.62. The van der Waals surface area contributed by atoms with E-state index < -0.39 is 0 Å². The quantitative estimate of drug-likeness (QED) is 0.795. The van der Waals surface area contributed by atoms with Crippen molar-refractivity contribution in [3.8, 4) is 5.75 Å². The van der Waals surface area contributed by atoms with E-state index in [0.29, 0.717) is 16.9 Å². The summed E-state index contributed by atoms with van der Waals surface area (Å²) in [6.45, 7) is 3.62. The van der Waals surface area contributed by atoms with Crippen molar-refractivity contribution >= 4 is 11.6 Å². The first-order chi connectivity index (χ1) is 8.50. The number of amides is 1. The van der Waals surface area contributed by atoms with Gasteiger partial charge in [0.05, 0.1) is 16.9 Å². The standard InChI is InChI=1S/C13H15N3O2/c1-8-12(9(2)16(3)15-8)13(18)14-10-6-4-5-7-11(10)17/h4-7,17H,1-3H3,(H,14,18). The lowest BCUT2D eigenvalue weighted by atomic mass is 10.1. The van der Waals surface area contributed by atoms with Gasteiger partial charge >= 0.3 is 0 Å². The smallest absolute Gasteiger partial charge is 0.259 e. The number of nitrogens with one attached hydrogen (secondary N) is 1. The molecule has 5 heteroatoms. The minimum atomic E-state index is -0.264. The minimum Gasteiger partial charge on any atom is -0.506 e. The van der Waals surface area contributed by atoms with E-state index in [-0.39, 0.29) is 11.7 Å². The average Bonchev–Trinajstić information content (AvgIpc) is 2.56. The van der Waals surface area contributed by atoms with Gasteiger partial charge in [-0.3, -0.25) is 9.48 Å². The largest absolute Gasteiger partial charge is 0.506 e. The van der Waals surface area contributed by atoms with Gasteiger partial charge in [-0.15, -0.1) is 0 Å². The number of aromatic hydroxyl groups is 1. The molecule has 0 radical (unpaired) electrons. The topological polar surface area (TPSA) is 67.2 Å². The van der Waals surface area contributed by atoms with E-state index in [2.05, 4.69) is 10.4 Å². The highest BCUT2D eigenvalue weighted by Gasteiger charge is 2.18. The Kier molecular flexibility index (Phi) is 3.06. The van der Waals surface area contributed by atoms with Crippen molar-refractivity contribution in [2.75, 3.05) is 5.32 Å². The van der Waals surface area contributed by atoms with Crippen molar-refractivity contribution < 1.29 is 9.90 Å². The minimum absolute atomic E-state index is 0.0463. The first-order valence-corrected chi connectivity index (χ1v) is 5.60. The molecule has 1 aromatic carbocycles. The number of phenols is 1. The third-order valence-corrected chi connectivity index (χ3v) is 2.89. The van der Waals surface area contributed by atoms with Crippen LogP contribution in [0, 0.1) is 13.8 Å². The van der Waals surface area contributed by atoms with Gasteiger partial charge in [0.25, 0.3) is 5.91 Å². The highest BCUT2D eigenvalue weighted by Crippen LogP contribution is 2.23. The second kappa shape index (κ2) is 4.52. The first-order valence-electron chi connectivity index (χ1n) is 5.60. The van der Waals surface area contributed by atoms with Gasteiger partial charge in [0, 0.05) is 12.7 Å². The highest BCUT2D eigenvalue weighted by atomic mass is 16.3. The van der Waals surface area contributed by atoms with E-state index in [1.54, 1.807) is 36.9 Å². The fourth-order valence-electron chi connectivity index (χ4n) is 1.87. The number of aromatic nitrogens is 2. The molecule has 0 spiro atoms. The molecule has 18 heavy (non-hydrogen) atoms. The molecule has 0 atom stereocenters. The number of aryl methyl sites for hydroxylation is 2. The van der Waals surface area contributed by atoms with Gasteiger partial charge in [-0.05, 0) is 26.0 Å². The maximum absolute atomic E-state index is 12.1. The molecular formula is C13H15N3O2. The van der Waals surface area contributed by atoms with Crippen LogP contribution < -0.4 is 5.32 Å². The summed E-state index contributed by atoms with van der Waals surface area (Å²) in [5, 5.41) is 16.5. The van der Waals surface area contributed by atoms with E-state index in [0.717, 1.165) is 5.69 Å². The molecule has 0 aliphatic rings. The van der Waals surface area contributed by atoms with Crippen LogP contribution in [0.5, 0.6) is 5.75 Å². The maximum atomic E-state index is 12.1. The lowest BCUT2D eigenvalue weighted by Gasteiger charge is -2.07. The summed E-state index contributed by atoms with van der Waals surface area (Å²) in [5.74, 6) is -0.218. The molecule has 1 aromatic heterocycles. The second-order valence-corrected chi connectivity index (χ2v) is 4.14. The van der Waals surface area contributed by atoms with Gasteiger partial charge in [-0.1, -0.05) is 12.1 Å². The van der Waals surface area contributed by atoms with E-state index in [1.165, 1.54) is 6.07 Å². The molecule has 0 saturated carbocycles. The van der Waals surface area contributed by atoms with Crippen LogP contribution in [0.4, 0.5) is 5.69 Å². The lowest BCUT2D eigenvalue weighted by Crippen LogP contribution is -2.14. The number of carbonyl (C=O) groups excluding carboxylic acids is 1. The van der Waals surface area contributed by atoms with E-state index in [1.807, 2.05) is 6.92 Å².